The highest BCUT2D eigenvalue weighted by molar-refractivity contribution is 8.00. The highest BCUT2D eigenvalue weighted by Crippen LogP contribution is 2.38. The third-order valence-corrected chi connectivity index (χ3v) is 7.49. The van der Waals surface area contributed by atoms with Crippen LogP contribution < -0.4 is 29.7 Å². The van der Waals surface area contributed by atoms with E-state index in [0.717, 1.165) is 19.1 Å². The number of nitrogens with zero attached hydrogens (tertiary/aromatic N) is 2. The van der Waals surface area contributed by atoms with E-state index in [1.165, 1.54) is 62.6 Å². The Kier molecular flexibility index (Phi) is 10.9. The predicted octanol–water partition coefficient (Wildman–Crippen LogP) is 4.80. The Hall–Kier alpha value is -3.84. The minimum absolute atomic E-state index is 0.0724. The highest BCUT2D eigenvalue weighted by Gasteiger charge is 2.17. The van der Waals surface area contributed by atoms with Crippen LogP contribution >= 0.6 is 23.1 Å². The van der Waals surface area contributed by atoms with E-state index in [-0.39, 0.29) is 17.6 Å². The van der Waals surface area contributed by atoms with Gasteiger partial charge in [0.15, 0.2) is 15.8 Å². The van der Waals surface area contributed by atoms with E-state index in [1.807, 2.05) is 13.8 Å². The van der Waals surface area contributed by atoms with Crippen LogP contribution in [0.4, 0.5) is 5.13 Å². The molecule has 39 heavy (non-hydrogen) atoms. The molecule has 0 bridgehead atoms. The van der Waals surface area contributed by atoms with Crippen molar-refractivity contribution < 1.29 is 33.0 Å². The molecule has 0 atom stereocenters. The number of carbonyl (C=O) groups excluding carboxylic acids is 2. The number of carbonyl (C=O) groups is 2. The lowest BCUT2D eigenvalue weighted by Crippen LogP contribution is -2.21. The second kappa shape index (κ2) is 14.4. The van der Waals surface area contributed by atoms with Gasteiger partial charge in [-0.15, -0.1) is 10.2 Å². The Morgan fingerprint density at radius 3 is 2.33 bits per heavy atom. The first kappa shape index (κ1) is 29.7. The van der Waals surface area contributed by atoms with Gasteiger partial charge in [0, 0.05) is 18.1 Å². The second-order valence-electron chi connectivity index (χ2n) is 7.95. The minimum Gasteiger partial charge on any atom is -0.493 e. The Bertz CT molecular complexity index is 1360. The largest absolute Gasteiger partial charge is 0.493 e. The zero-order valence-corrected chi connectivity index (χ0v) is 23.8. The average molecular weight is 576 g/mol. The summed E-state index contributed by atoms with van der Waals surface area (Å²) in [7, 11) is 4.47. The molecule has 1 aromatic carbocycles. The van der Waals surface area contributed by atoms with Crippen LogP contribution in [0.1, 0.15) is 38.0 Å². The van der Waals surface area contributed by atoms with Gasteiger partial charge in [-0.25, -0.2) is 4.79 Å². The quantitative estimate of drug-likeness (QED) is 0.130. The van der Waals surface area contributed by atoms with Gasteiger partial charge in [0.25, 0.3) is 0 Å². The van der Waals surface area contributed by atoms with Crippen molar-refractivity contribution in [1.29, 1.82) is 0 Å². The fraction of sp³-hybridized carbons (Fsp3) is 0.346. The maximum atomic E-state index is 12.5. The summed E-state index contributed by atoms with van der Waals surface area (Å²) >= 11 is 2.53. The van der Waals surface area contributed by atoms with Crippen LogP contribution in [0.5, 0.6) is 23.0 Å². The molecule has 2 heterocycles. The normalized spacial score (nSPS) is 11.0. The molecule has 1 amide bonds. The van der Waals surface area contributed by atoms with Crippen LogP contribution in [-0.2, 0) is 15.3 Å². The van der Waals surface area contributed by atoms with Crippen molar-refractivity contribution in [3.8, 4) is 23.0 Å². The van der Waals surface area contributed by atoms with E-state index >= 15 is 0 Å². The molecule has 0 unspecified atom stereocenters. The van der Waals surface area contributed by atoms with Crippen LogP contribution in [0.15, 0.2) is 44.1 Å². The maximum absolute atomic E-state index is 12.5. The zero-order valence-electron chi connectivity index (χ0n) is 22.1. The molecule has 11 nitrogen and oxygen atoms in total. The molecule has 0 spiro atoms. The summed E-state index contributed by atoms with van der Waals surface area (Å²) in [5.41, 5.74) is 0.0811. The number of esters is 1. The maximum Gasteiger partial charge on any atom is 0.336 e. The van der Waals surface area contributed by atoms with Gasteiger partial charge in [0.2, 0.25) is 28.0 Å². The fourth-order valence-corrected chi connectivity index (χ4v) is 5.06. The third kappa shape index (κ3) is 8.07. The number of thioether (sulfide) groups is 1. The first-order valence-corrected chi connectivity index (χ1v) is 13.7. The van der Waals surface area contributed by atoms with Gasteiger partial charge in [-0.3, -0.25) is 9.59 Å². The zero-order chi connectivity index (χ0) is 28.4. The van der Waals surface area contributed by atoms with Crippen LogP contribution in [0, 0.1) is 5.92 Å². The van der Waals surface area contributed by atoms with E-state index in [2.05, 4.69) is 15.5 Å². The predicted molar refractivity (Wildman–Crippen MR) is 148 cm³/mol. The van der Waals surface area contributed by atoms with Crippen molar-refractivity contribution in [2.45, 2.75) is 36.8 Å². The molecule has 3 aromatic rings. The van der Waals surface area contributed by atoms with E-state index in [1.54, 1.807) is 12.1 Å². The standard InChI is InChI=1S/C26H29N3O8S2/c1-6-16(7-2)24(32)27-25-28-29-26(39-25)38-14-17-12-18(30)21(13-36-17)37-22(31)9-8-15-10-19(33-3)23(35-5)20(11-15)34-4/h8-13,16H,6-7,14H2,1-5H3,(H,27,28,32). The Morgan fingerprint density at radius 2 is 1.74 bits per heavy atom. The molecule has 0 fully saturated rings. The SMILES string of the molecule is CCC(CC)C(=O)Nc1nnc(SCc2cc(=O)c(OC(=O)C=Cc3cc(OC)c(OC)c(OC)c3)co2)s1. The molecular formula is C26H29N3O8S2. The molecule has 0 aliphatic rings. The van der Waals surface area contributed by atoms with Crippen LogP contribution in [0.2, 0.25) is 0 Å². The third-order valence-electron chi connectivity index (χ3n) is 5.49. The topological polar surface area (TPSA) is 139 Å². The molecule has 0 saturated carbocycles. The minimum atomic E-state index is -0.769. The van der Waals surface area contributed by atoms with Crippen molar-refractivity contribution in [2.75, 3.05) is 26.6 Å². The molecule has 13 heteroatoms. The molecule has 3 rings (SSSR count). The molecule has 208 valence electrons. The Morgan fingerprint density at radius 1 is 1.05 bits per heavy atom. The molecular weight excluding hydrogens is 546 g/mol. The Balaban J connectivity index is 1.58. The number of aromatic nitrogens is 2. The molecule has 0 saturated heterocycles. The van der Waals surface area contributed by atoms with Gasteiger partial charge in [0.05, 0.1) is 27.1 Å². The van der Waals surface area contributed by atoms with Crippen LogP contribution in [-0.4, -0.2) is 43.4 Å². The van der Waals surface area contributed by atoms with E-state index in [0.29, 0.717) is 43.8 Å². The second-order valence-corrected chi connectivity index (χ2v) is 10.2. The molecule has 0 aliphatic carbocycles. The van der Waals surface area contributed by atoms with Gasteiger partial charge < -0.3 is 28.7 Å². The van der Waals surface area contributed by atoms with E-state index in [4.69, 9.17) is 23.4 Å². The molecule has 2 aromatic heterocycles. The van der Waals surface area contributed by atoms with E-state index < -0.39 is 11.4 Å². The lowest BCUT2D eigenvalue weighted by atomic mass is 10.0. The van der Waals surface area contributed by atoms with Crippen LogP contribution in [0.25, 0.3) is 6.08 Å². The molecule has 0 aliphatic heterocycles. The van der Waals surface area contributed by atoms with Crippen molar-refractivity contribution in [2.24, 2.45) is 5.92 Å². The summed E-state index contributed by atoms with van der Waals surface area (Å²) in [6.45, 7) is 3.92. The summed E-state index contributed by atoms with van der Waals surface area (Å²) < 4.78 is 27.1. The number of nitrogens with one attached hydrogen (secondary N) is 1. The average Bonchev–Trinajstić information content (AvgIpc) is 3.39. The number of amides is 1. The summed E-state index contributed by atoms with van der Waals surface area (Å²) in [4.78, 5) is 37.0. The van der Waals surface area contributed by atoms with Gasteiger partial charge in [0.1, 0.15) is 12.0 Å². The molecule has 1 N–H and O–H groups in total. The number of hydrogen-bond acceptors (Lipinski definition) is 12. The van der Waals surface area contributed by atoms with Crippen molar-refractivity contribution >= 4 is 46.2 Å². The van der Waals surface area contributed by atoms with Crippen molar-refractivity contribution in [3.63, 3.8) is 0 Å². The van der Waals surface area contributed by atoms with Crippen molar-refractivity contribution in [3.05, 3.63) is 52.1 Å². The lowest BCUT2D eigenvalue weighted by molar-refractivity contribution is -0.129. The number of hydrogen-bond donors (Lipinski definition) is 1. The monoisotopic (exact) mass is 575 g/mol. The van der Waals surface area contributed by atoms with Crippen LogP contribution in [0.3, 0.4) is 0 Å². The van der Waals surface area contributed by atoms with Crippen molar-refractivity contribution in [1.82, 2.24) is 10.2 Å². The summed E-state index contributed by atoms with van der Waals surface area (Å²) in [6, 6.07) is 4.57. The van der Waals surface area contributed by atoms with Gasteiger partial charge in [-0.05, 0) is 36.6 Å². The summed E-state index contributed by atoms with van der Waals surface area (Å²) in [5.74, 6) is 0.756. The Labute approximate surface area is 233 Å². The summed E-state index contributed by atoms with van der Waals surface area (Å²) in [5, 5.41) is 11.2. The highest BCUT2D eigenvalue weighted by atomic mass is 32.2. The first-order chi connectivity index (χ1) is 18.8. The number of ether oxygens (including phenoxy) is 4. The fourth-order valence-electron chi connectivity index (χ4n) is 3.41. The van der Waals surface area contributed by atoms with Gasteiger partial charge in [-0.2, -0.15) is 0 Å². The van der Waals surface area contributed by atoms with Gasteiger partial charge >= 0.3 is 5.97 Å². The van der Waals surface area contributed by atoms with E-state index in [9.17, 15) is 14.4 Å². The first-order valence-electron chi connectivity index (χ1n) is 11.9. The lowest BCUT2D eigenvalue weighted by Gasteiger charge is -2.12. The smallest absolute Gasteiger partial charge is 0.336 e. The van der Waals surface area contributed by atoms with Gasteiger partial charge in [-0.1, -0.05) is 36.9 Å². The molecule has 0 radical (unpaired) electrons. The summed E-state index contributed by atoms with van der Waals surface area (Å²) in [6.07, 6.45) is 5.24. The number of anilines is 1. The number of rotatable bonds is 13. The number of methoxy groups -OCH3 is 3. The number of benzene rings is 1.